The molecule has 2 heterocycles. The summed E-state index contributed by atoms with van der Waals surface area (Å²) in [7, 11) is 0. The summed E-state index contributed by atoms with van der Waals surface area (Å²) in [4.78, 5) is 22.5. The van der Waals surface area contributed by atoms with Crippen molar-refractivity contribution in [3.63, 3.8) is 0 Å². The Morgan fingerprint density at radius 3 is 2.68 bits per heavy atom. The zero-order valence-corrected chi connectivity index (χ0v) is 10.6. The van der Waals surface area contributed by atoms with Crippen LogP contribution in [-0.4, -0.2) is 33.9 Å². The fourth-order valence-corrected chi connectivity index (χ4v) is 2.25. The molecule has 0 spiro atoms. The van der Waals surface area contributed by atoms with Crippen molar-refractivity contribution >= 4 is 23.0 Å². The molecule has 4 nitrogen and oxygen atoms in total. The van der Waals surface area contributed by atoms with Gasteiger partial charge in [0.1, 0.15) is 0 Å². The number of rotatable bonds is 2. The highest BCUT2D eigenvalue weighted by molar-refractivity contribution is 5.91. The molecule has 2 aromatic rings. The van der Waals surface area contributed by atoms with E-state index in [2.05, 4.69) is 9.97 Å². The lowest BCUT2D eigenvalue weighted by atomic mass is 10.3. The predicted octanol–water partition coefficient (Wildman–Crippen LogP) is 2.27. The van der Waals surface area contributed by atoms with Gasteiger partial charge in [0.15, 0.2) is 0 Å². The third-order valence-electron chi connectivity index (χ3n) is 3.28. The molecule has 0 aliphatic carbocycles. The van der Waals surface area contributed by atoms with E-state index in [0.29, 0.717) is 5.69 Å². The third kappa shape index (κ3) is 2.62. The number of para-hydroxylation sites is 2. The van der Waals surface area contributed by atoms with Crippen molar-refractivity contribution in [2.75, 3.05) is 13.1 Å². The molecule has 0 unspecified atom stereocenters. The van der Waals surface area contributed by atoms with Gasteiger partial charge in [-0.05, 0) is 31.1 Å². The number of amides is 1. The van der Waals surface area contributed by atoms with Gasteiger partial charge in [0.25, 0.3) is 0 Å². The predicted molar refractivity (Wildman–Crippen MR) is 74.4 cm³/mol. The van der Waals surface area contributed by atoms with Gasteiger partial charge in [-0.1, -0.05) is 12.1 Å². The summed E-state index contributed by atoms with van der Waals surface area (Å²) in [6, 6.07) is 7.70. The Balaban J connectivity index is 1.78. The van der Waals surface area contributed by atoms with E-state index >= 15 is 0 Å². The molecule has 1 fully saturated rings. The summed E-state index contributed by atoms with van der Waals surface area (Å²) in [6.45, 7) is 1.74. The third-order valence-corrected chi connectivity index (χ3v) is 3.28. The second kappa shape index (κ2) is 5.18. The van der Waals surface area contributed by atoms with Crippen molar-refractivity contribution in [2.45, 2.75) is 12.8 Å². The molecule has 19 heavy (non-hydrogen) atoms. The first-order valence-corrected chi connectivity index (χ1v) is 6.52. The topological polar surface area (TPSA) is 46.1 Å². The number of carbonyl (C=O) groups is 1. The number of nitrogens with zero attached hydrogens (tertiary/aromatic N) is 3. The molecule has 0 N–H and O–H groups in total. The second-order valence-corrected chi connectivity index (χ2v) is 4.65. The molecule has 0 radical (unpaired) electrons. The van der Waals surface area contributed by atoms with Gasteiger partial charge in [-0.2, -0.15) is 0 Å². The minimum atomic E-state index is 0.0625. The van der Waals surface area contributed by atoms with Gasteiger partial charge < -0.3 is 4.90 Å². The van der Waals surface area contributed by atoms with Crippen LogP contribution in [0.5, 0.6) is 0 Å². The van der Waals surface area contributed by atoms with Crippen LogP contribution in [0, 0.1) is 0 Å². The van der Waals surface area contributed by atoms with E-state index < -0.39 is 0 Å². The quantitative estimate of drug-likeness (QED) is 0.771. The normalized spacial score (nSPS) is 15.5. The lowest BCUT2D eigenvalue weighted by Gasteiger charge is -2.11. The number of likely N-dealkylation sites (tertiary alicyclic amines) is 1. The van der Waals surface area contributed by atoms with Crippen molar-refractivity contribution in [2.24, 2.45) is 0 Å². The van der Waals surface area contributed by atoms with Crippen LogP contribution in [-0.2, 0) is 4.79 Å². The summed E-state index contributed by atoms with van der Waals surface area (Å²) in [5.41, 5.74) is 2.43. The van der Waals surface area contributed by atoms with Crippen molar-refractivity contribution in [1.82, 2.24) is 14.9 Å². The monoisotopic (exact) mass is 253 g/mol. The molecule has 3 rings (SSSR count). The highest BCUT2D eigenvalue weighted by Gasteiger charge is 2.14. The maximum atomic E-state index is 11.9. The van der Waals surface area contributed by atoms with Crippen LogP contribution in [0.2, 0.25) is 0 Å². The molecule has 0 atom stereocenters. The van der Waals surface area contributed by atoms with Gasteiger partial charge >= 0.3 is 0 Å². The number of aromatic nitrogens is 2. The molecule has 0 saturated carbocycles. The molecule has 1 saturated heterocycles. The number of fused-ring (bicyclic) bond motifs is 1. The van der Waals surface area contributed by atoms with Crippen molar-refractivity contribution in [1.29, 1.82) is 0 Å². The van der Waals surface area contributed by atoms with Gasteiger partial charge in [-0.3, -0.25) is 9.78 Å². The maximum Gasteiger partial charge on any atom is 0.246 e. The average molecular weight is 253 g/mol. The van der Waals surface area contributed by atoms with Crippen LogP contribution in [0.15, 0.2) is 36.5 Å². The van der Waals surface area contributed by atoms with E-state index in [1.54, 1.807) is 18.3 Å². The number of carbonyl (C=O) groups excluding carboxylic acids is 1. The molecular weight excluding hydrogens is 238 g/mol. The largest absolute Gasteiger partial charge is 0.339 e. The molecule has 0 bridgehead atoms. The van der Waals surface area contributed by atoms with Crippen LogP contribution in [0.4, 0.5) is 0 Å². The van der Waals surface area contributed by atoms with Crippen LogP contribution in [0.25, 0.3) is 17.1 Å². The number of hydrogen-bond donors (Lipinski definition) is 0. The van der Waals surface area contributed by atoms with Gasteiger partial charge in [0.2, 0.25) is 5.91 Å². The van der Waals surface area contributed by atoms with Gasteiger partial charge in [-0.15, -0.1) is 0 Å². The first kappa shape index (κ1) is 11.8. The van der Waals surface area contributed by atoms with E-state index in [4.69, 9.17) is 0 Å². The fraction of sp³-hybridized carbons (Fsp3) is 0.267. The Bertz CT molecular complexity index is 630. The Morgan fingerprint density at radius 2 is 1.89 bits per heavy atom. The maximum absolute atomic E-state index is 11.9. The lowest BCUT2D eigenvalue weighted by Crippen LogP contribution is -2.25. The molecule has 96 valence electrons. The second-order valence-electron chi connectivity index (χ2n) is 4.65. The van der Waals surface area contributed by atoms with E-state index in [9.17, 15) is 4.79 Å². The number of hydrogen-bond acceptors (Lipinski definition) is 3. The highest BCUT2D eigenvalue weighted by Crippen LogP contribution is 2.11. The van der Waals surface area contributed by atoms with Gasteiger partial charge in [0.05, 0.1) is 22.9 Å². The molecular formula is C15H15N3O. The minimum absolute atomic E-state index is 0.0625. The summed E-state index contributed by atoms with van der Waals surface area (Å²) in [5.74, 6) is 0.0625. The molecule has 4 heteroatoms. The first-order chi connectivity index (χ1) is 9.33. The summed E-state index contributed by atoms with van der Waals surface area (Å²) < 4.78 is 0. The average Bonchev–Trinajstić information content (AvgIpc) is 2.99. The van der Waals surface area contributed by atoms with Crippen molar-refractivity contribution in [3.8, 4) is 0 Å². The number of benzene rings is 1. The Labute approximate surface area is 111 Å². The zero-order valence-electron chi connectivity index (χ0n) is 10.6. The molecule has 1 aromatic carbocycles. The fourth-order valence-electron chi connectivity index (χ4n) is 2.25. The molecule has 1 aliphatic rings. The van der Waals surface area contributed by atoms with E-state index in [1.165, 1.54) is 0 Å². The molecule has 1 aliphatic heterocycles. The summed E-state index contributed by atoms with van der Waals surface area (Å²) >= 11 is 0. The summed E-state index contributed by atoms with van der Waals surface area (Å²) in [5, 5.41) is 0. The Kier molecular flexibility index (Phi) is 3.23. The summed E-state index contributed by atoms with van der Waals surface area (Å²) in [6.07, 6.45) is 7.23. The van der Waals surface area contributed by atoms with Gasteiger partial charge in [0, 0.05) is 19.2 Å². The van der Waals surface area contributed by atoms with Crippen molar-refractivity contribution in [3.05, 3.63) is 42.2 Å². The Hall–Kier alpha value is -2.23. The van der Waals surface area contributed by atoms with E-state index in [1.807, 2.05) is 29.2 Å². The lowest BCUT2D eigenvalue weighted by molar-refractivity contribution is -0.124. The standard InChI is InChI=1S/C15H15N3O/c19-15(18-9-3-4-10-18)8-7-12-11-16-13-5-1-2-6-14(13)17-12/h1-2,5-8,11H,3-4,9-10H2/b8-7+. The minimum Gasteiger partial charge on any atom is -0.339 e. The van der Waals surface area contributed by atoms with E-state index in [0.717, 1.165) is 37.0 Å². The van der Waals surface area contributed by atoms with Crippen LogP contribution >= 0.6 is 0 Å². The molecule has 1 aromatic heterocycles. The SMILES string of the molecule is O=C(/C=C/c1cnc2ccccc2n1)N1CCCC1. The smallest absolute Gasteiger partial charge is 0.246 e. The van der Waals surface area contributed by atoms with Crippen molar-refractivity contribution < 1.29 is 4.79 Å². The van der Waals surface area contributed by atoms with E-state index in [-0.39, 0.29) is 5.91 Å². The Morgan fingerprint density at radius 1 is 1.16 bits per heavy atom. The first-order valence-electron chi connectivity index (χ1n) is 6.52. The highest BCUT2D eigenvalue weighted by atomic mass is 16.2. The van der Waals surface area contributed by atoms with Crippen LogP contribution in [0.3, 0.4) is 0 Å². The van der Waals surface area contributed by atoms with Crippen LogP contribution < -0.4 is 0 Å². The zero-order chi connectivity index (χ0) is 13.1. The van der Waals surface area contributed by atoms with Crippen LogP contribution in [0.1, 0.15) is 18.5 Å². The van der Waals surface area contributed by atoms with Gasteiger partial charge in [-0.25, -0.2) is 4.98 Å². The molecule has 1 amide bonds.